The molecular formula is C10H13N5. The molecule has 2 aromatic rings. The molecule has 5 nitrogen and oxygen atoms in total. The van der Waals surface area contributed by atoms with Gasteiger partial charge in [-0.3, -0.25) is 9.67 Å². The predicted octanol–water partition coefficient (Wildman–Crippen LogP) is 1.01. The molecule has 0 radical (unpaired) electrons. The molecule has 0 bridgehead atoms. The summed E-state index contributed by atoms with van der Waals surface area (Å²) in [5, 5.41) is 7.34. The summed E-state index contributed by atoms with van der Waals surface area (Å²) in [7, 11) is 1.88. The van der Waals surface area contributed by atoms with Crippen LogP contribution >= 0.6 is 0 Å². The Kier molecular flexibility index (Phi) is 2.53. The van der Waals surface area contributed by atoms with E-state index in [0.29, 0.717) is 12.2 Å². The summed E-state index contributed by atoms with van der Waals surface area (Å²) in [5.41, 5.74) is 7.29. The molecule has 0 atom stereocenters. The van der Waals surface area contributed by atoms with Crippen molar-refractivity contribution in [2.24, 2.45) is 7.05 Å². The number of anilines is 2. The van der Waals surface area contributed by atoms with Gasteiger partial charge in [0.05, 0.1) is 17.9 Å². The Morgan fingerprint density at radius 3 is 3.00 bits per heavy atom. The predicted molar refractivity (Wildman–Crippen MR) is 59.2 cm³/mol. The highest BCUT2D eigenvalue weighted by atomic mass is 15.3. The van der Waals surface area contributed by atoms with Crippen LogP contribution in [-0.2, 0) is 13.6 Å². The second kappa shape index (κ2) is 4.00. The van der Waals surface area contributed by atoms with E-state index in [2.05, 4.69) is 15.4 Å². The summed E-state index contributed by atoms with van der Waals surface area (Å²) in [6.45, 7) is 0.587. The second-order valence-corrected chi connectivity index (χ2v) is 3.27. The Balaban J connectivity index is 2.02. The van der Waals surface area contributed by atoms with Gasteiger partial charge in [0, 0.05) is 25.5 Å². The number of nitrogens with one attached hydrogen (secondary N) is 1. The molecule has 0 saturated heterocycles. The number of hydrogen-bond donors (Lipinski definition) is 2. The van der Waals surface area contributed by atoms with E-state index in [0.717, 1.165) is 11.5 Å². The van der Waals surface area contributed by atoms with Gasteiger partial charge in [-0.25, -0.2) is 0 Å². The molecule has 2 aromatic heterocycles. The van der Waals surface area contributed by atoms with E-state index in [4.69, 9.17) is 5.73 Å². The monoisotopic (exact) mass is 203 g/mol. The molecule has 78 valence electrons. The van der Waals surface area contributed by atoms with Crippen LogP contribution in [0.4, 0.5) is 11.5 Å². The molecule has 0 amide bonds. The molecule has 0 saturated carbocycles. The molecule has 2 heterocycles. The average molecular weight is 203 g/mol. The quantitative estimate of drug-likeness (QED) is 0.781. The number of rotatable bonds is 3. The number of pyridine rings is 1. The van der Waals surface area contributed by atoms with Crippen LogP contribution in [0.1, 0.15) is 5.69 Å². The maximum absolute atomic E-state index is 5.76. The van der Waals surface area contributed by atoms with E-state index in [9.17, 15) is 0 Å². The molecule has 0 aliphatic carbocycles. The van der Waals surface area contributed by atoms with Crippen molar-refractivity contribution in [3.05, 3.63) is 36.3 Å². The summed E-state index contributed by atoms with van der Waals surface area (Å²) in [6.07, 6.45) is 3.61. The van der Waals surface area contributed by atoms with Crippen molar-refractivity contribution in [1.29, 1.82) is 0 Å². The highest BCUT2D eigenvalue weighted by Crippen LogP contribution is 2.09. The van der Waals surface area contributed by atoms with E-state index in [1.54, 1.807) is 10.9 Å². The van der Waals surface area contributed by atoms with Crippen LogP contribution in [0, 0.1) is 0 Å². The average Bonchev–Trinajstić information content (AvgIpc) is 2.63. The highest BCUT2D eigenvalue weighted by molar-refractivity contribution is 5.44. The van der Waals surface area contributed by atoms with Crippen LogP contribution in [0.15, 0.2) is 30.6 Å². The summed E-state index contributed by atoms with van der Waals surface area (Å²) in [5.74, 6) is 0.822. The van der Waals surface area contributed by atoms with Gasteiger partial charge in [-0.1, -0.05) is 0 Å². The highest BCUT2D eigenvalue weighted by Gasteiger charge is 2.00. The van der Waals surface area contributed by atoms with E-state index in [1.165, 1.54) is 0 Å². The van der Waals surface area contributed by atoms with Crippen molar-refractivity contribution in [2.75, 3.05) is 11.1 Å². The summed E-state index contributed by atoms with van der Waals surface area (Å²) in [6, 6.07) is 5.56. The van der Waals surface area contributed by atoms with Crippen LogP contribution in [0.3, 0.4) is 0 Å². The van der Waals surface area contributed by atoms with E-state index in [1.807, 2.05) is 31.4 Å². The van der Waals surface area contributed by atoms with Gasteiger partial charge in [0.1, 0.15) is 5.82 Å². The summed E-state index contributed by atoms with van der Waals surface area (Å²) >= 11 is 0. The molecule has 0 aromatic carbocycles. The fourth-order valence-electron chi connectivity index (χ4n) is 1.28. The molecule has 2 rings (SSSR count). The Hall–Kier alpha value is -2.04. The van der Waals surface area contributed by atoms with Crippen LogP contribution < -0.4 is 11.1 Å². The lowest BCUT2D eigenvalue weighted by Gasteiger charge is -2.04. The molecule has 15 heavy (non-hydrogen) atoms. The number of aromatic nitrogens is 3. The van der Waals surface area contributed by atoms with Gasteiger partial charge >= 0.3 is 0 Å². The minimum Gasteiger partial charge on any atom is -0.397 e. The minimum atomic E-state index is 0.587. The largest absolute Gasteiger partial charge is 0.397 e. The van der Waals surface area contributed by atoms with E-state index >= 15 is 0 Å². The number of nitrogens with zero attached hydrogens (tertiary/aromatic N) is 3. The van der Waals surface area contributed by atoms with E-state index in [-0.39, 0.29) is 0 Å². The number of nitrogen functional groups attached to an aromatic ring is 1. The van der Waals surface area contributed by atoms with Crippen molar-refractivity contribution in [2.45, 2.75) is 6.54 Å². The Morgan fingerprint density at radius 2 is 2.33 bits per heavy atom. The number of aryl methyl sites for hydroxylation is 1. The Bertz CT molecular complexity index is 449. The first-order valence-corrected chi connectivity index (χ1v) is 4.68. The van der Waals surface area contributed by atoms with Crippen molar-refractivity contribution >= 4 is 11.5 Å². The van der Waals surface area contributed by atoms with Gasteiger partial charge in [-0.2, -0.15) is 5.10 Å². The van der Waals surface area contributed by atoms with E-state index < -0.39 is 0 Å². The SMILES string of the molecule is Cn1ccc(NCc2ncccc2N)n1. The van der Waals surface area contributed by atoms with Gasteiger partial charge in [-0.15, -0.1) is 0 Å². The first kappa shape index (κ1) is 9.51. The standard InChI is InChI=1S/C10H13N5/c1-15-6-4-10(14-15)13-7-9-8(11)3-2-5-12-9/h2-6H,7,11H2,1H3,(H,13,14). The normalized spacial score (nSPS) is 10.2. The smallest absolute Gasteiger partial charge is 0.148 e. The Labute approximate surface area is 87.9 Å². The first-order valence-electron chi connectivity index (χ1n) is 4.68. The van der Waals surface area contributed by atoms with Crippen LogP contribution in [0.5, 0.6) is 0 Å². The van der Waals surface area contributed by atoms with Crippen molar-refractivity contribution in [3.63, 3.8) is 0 Å². The minimum absolute atomic E-state index is 0.587. The molecule has 0 aliphatic heterocycles. The van der Waals surface area contributed by atoms with Gasteiger partial charge in [-0.05, 0) is 12.1 Å². The molecule has 0 spiro atoms. The van der Waals surface area contributed by atoms with Crippen molar-refractivity contribution in [1.82, 2.24) is 14.8 Å². The fraction of sp³-hybridized carbons (Fsp3) is 0.200. The lowest BCUT2D eigenvalue weighted by atomic mass is 10.3. The topological polar surface area (TPSA) is 68.8 Å². The first-order chi connectivity index (χ1) is 7.25. The Morgan fingerprint density at radius 1 is 1.47 bits per heavy atom. The molecule has 0 aliphatic rings. The zero-order valence-electron chi connectivity index (χ0n) is 8.51. The third-order valence-corrected chi connectivity index (χ3v) is 2.08. The molecule has 5 heteroatoms. The second-order valence-electron chi connectivity index (χ2n) is 3.27. The van der Waals surface area contributed by atoms with Crippen LogP contribution in [-0.4, -0.2) is 14.8 Å². The zero-order valence-corrected chi connectivity index (χ0v) is 8.51. The third-order valence-electron chi connectivity index (χ3n) is 2.08. The molecule has 0 fully saturated rings. The van der Waals surface area contributed by atoms with Crippen molar-refractivity contribution < 1.29 is 0 Å². The van der Waals surface area contributed by atoms with Gasteiger partial charge < -0.3 is 11.1 Å². The van der Waals surface area contributed by atoms with Crippen molar-refractivity contribution in [3.8, 4) is 0 Å². The maximum atomic E-state index is 5.76. The zero-order chi connectivity index (χ0) is 10.7. The molecule has 0 unspecified atom stereocenters. The van der Waals surface area contributed by atoms with Gasteiger partial charge in [0.2, 0.25) is 0 Å². The lowest BCUT2D eigenvalue weighted by molar-refractivity contribution is 0.768. The summed E-state index contributed by atoms with van der Waals surface area (Å²) in [4.78, 5) is 4.18. The van der Waals surface area contributed by atoms with Crippen LogP contribution in [0.2, 0.25) is 0 Å². The van der Waals surface area contributed by atoms with Gasteiger partial charge in [0.15, 0.2) is 0 Å². The number of hydrogen-bond acceptors (Lipinski definition) is 4. The lowest BCUT2D eigenvalue weighted by Crippen LogP contribution is -2.05. The third kappa shape index (κ3) is 2.25. The van der Waals surface area contributed by atoms with Crippen LogP contribution in [0.25, 0.3) is 0 Å². The number of nitrogens with two attached hydrogens (primary N) is 1. The maximum Gasteiger partial charge on any atom is 0.148 e. The summed E-state index contributed by atoms with van der Waals surface area (Å²) < 4.78 is 1.74. The fourth-order valence-corrected chi connectivity index (χ4v) is 1.28. The molecule has 3 N–H and O–H groups in total. The molecular weight excluding hydrogens is 190 g/mol. The van der Waals surface area contributed by atoms with Gasteiger partial charge in [0.25, 0.3) is 0 Å².